The van der Waals surface area contributed by atoms with Gasteiger partial charge in [-0.25, -0.2) is 0 Å². The van der Waals surface area contributed by atoms with Gasteiger partial charge in [0.1, 0.15) is 0 Å². The van der Waals surface area contributed by atoms with Crippen LogP contribution in [0.2, 0.25) is 0 Å². The summed E-state index contributed by atoms with van der Waals surface area (Å²) < 4.78 is 0. The molecular weight excluding hydrogens is 420 g/mol. The summed E-state index contributed by atoms with van der Waals surface area (Å²) in [5.41, 5.74) is 11.9. The number of fused-ring (bicyclic) bond motifs is 3. The summed E-state index contributed by atoms with van der Waals surface area (Å²) >= 11 is 0. The largest absolute Gasteiger partial charge is 0.0730 e. The highest BCUT2D eigenvalue weighted by Gasteiger charge is 2.37. The minimum atomic E-state index is 0.506. The van der Waals surface area contributed by atoms with Crippen LogP contribution < -0.4 is 0 Å². The van der Waals surface area contributed by atoms with E-state index in [0.29, 0.717) is 23.7 Å². The van der Waals surface area contributed by atoms with Gasteiger partial charge in [-0.05, 0) is 95.7 Å². The summed E-state index contributed by atoms with van der Waals surface area (Å²) in [5.74, 6) is 2.34. The van der Waals surface area contributed by atoms with Crippen LogP contribution in [0.15, 0.2) is 103 Å². The minimum absolute atomic E-state index is 0.506. The molecule has 4 unspecified atom stereocenters. The average Bonchev–Trinajstić information content (AvgIpc) is 3.04. The third kappa shape index (κ3) is 4.36. The van der Waals surface area contributed by atoms with E-state index in [0.717, 1.165) is 12.8 Å². The zero-order valence-electron chi connectivity index (χ0n) is 21.1. The lowest BCUT2D eigenvalue weighted by molar-refractivity contribution is 0.335. The third-order valence-electron chi connectivity index (χ3n) is 8.90. The molecule has 3 aliphatic carbocycles. The summed E-state index contributed by atoms with van der Waals surface area (Å²) in [6.07, 6.45) is 13.2. The standard InChI is InChI=1S/C35H36/c1-24-12-14-26(15-13-24)27-16-18-28(19-17-27)30-20-21-32-25(2)34(29-8-4-3-5-9-29)23-31-10-6-7-11-33(31)35(32)22-30/h3-12,14,16-19,22,25,30,32,34H,13,15,20-21,23H2,1-2H3. The van der Waals surface area contributed by atoms with Crippen LogP contribution >= 0.6 is 0 Å². The fraction of sp³-hybridized carbons (Fsp3) is 0.314. The minimum Gasteiger partial charge on any atom is -0.0730 e. The smallest absolute Gasteiger partial charge is 0.00243 e. The molecule has 0 amide bonds. The molecule has 3 aromatic carbocycles. The maximum absolute atomic E-state index is 2.64. The summed E-state index contributed by atoms with van der Waals surface area (Å²) in [4.78, 5) is 0. The van der Waals surface area contributed by atoms with Crippen molar-refractivity contribution in [1.82, 2.24) is 0 Å². The second-order valence-electron chi connectivity index (χ2n) is 11.0. The number of hydrogen-bond donors (Lipinski definition) is 0. The monoisotopic (exact) mass is 456 g/mol. The number of rotatable bonds is 3. The van der Waals surface area contributed by atoms with Crippen molar-refractivity contribution < 1.29 is 0 Å². The molecule has 0 spiro atoms. The van der Waals surface area contributed by atoms with Crippen molar-refractivity contribution in [3.63, 3.8) is 0 Å². The second-order valence-corrected chi connectivity index (χ2v) is 11.0. The highest BCUT2D eigenvalue weighted by Crippen LogP contribution is 2.50. The number of hydrogen-bond acceptors (Lipinski definition) is 0. The predicted octanol–water partition coefficient (Wildman–Crippen LogP) is 9.36. The molecule has 0 fully saturated rings. The van der Waals surface area contributed by atoms with Crippen LogP contribution in [0.1, 0.15) is 79.2 Å². The maximum Gasteiger partial charge on any atom is 0.00243 e. The molecule has 3 aliphatic rings. The van der Waals surface area contributed by atoms with Gasteiger partial charge in [-0.2, -0.15) is 0 Å². The van der Waals surface area contributed by atoms with Gasteiger partial charge in [0.05, 0.1) is 0 Å². The molecule has 0 heteroatoms. The van der Waals surface area contributed by atoms with Gasteiger partial charge >= 0.3 is 0 Å². The van der Waals surface area contributed by atoms with E-state index in [-0.39, 0.29) is 0 Å². The SMILES string of the molecule is CC1=CC=C(c2ccc(C3C=C4c5ccccc5CC(c5ccccc5)C(C)C4CC3)cc2)CC1. The molecular formula is C35H36. The fourth-order valence-electron chi connectivity index (χ4n) is 6.77. The van der Waals surface area contributed by atoms with Crippen molar-refractivity contribution in [2.75, 3.05) is 0 Å². The van der Waals surface area contributed by atoms with Crippen molar-refractivity contribution in [3.8, 4) is 0 Å². The number of allylic oxidation sites excluding steroid dienone is 6. The summed E-state index contributed by atoms with van der Waals surface area (Å²) in [6.45, 7) is 4.74. The third-order valence-corrected chi connectivity index (χ3v) is 8.90. The van der Waals surface area contributed by atoms with Crippen LogP contribution in [0.25, 0.3) is 11.1 Å². The molecule has 0 nitrogen and oxygen atoms in total. The zero-order valence-corrected chi connectivity index (χ0v) is 21.1. The molecule has 176 valence electrons. The Morgan fingerprint density at radius 1 is 0.686 bits per heavy atom. The van der Waals surface area contributed by atoms with E-state index in [4.69, 9.17) is 0 Å². The maximum atomic E-state index is 2.64. The van der Waals surface area contributed by atoms with Crippen molar-refractivity contribution >= 4 is 11.1 Å². The molecule has 35 heavy (non-hydrogen) atoms. The highest BCUT2D eigenvalue weighted by molar-refractivity contribution is 5.74. The molecule has 0 aromatic heterocycles. The van der Waals surface area contributed by atoms with Gasteiger partial charge in [0.25, 0.3) is 0 Å². The number of benzene rings is 3. The normalized spacial score (nSPS) is 25.9. The van der Waals surface area contributed by atoms with Gasteiger partial charge in [-0.15, -0.1) is 0 Å². The van der Waals surface area contributed by atoms with Gasteiger partial charge in [0, 0.05) is 5.92 Å². The van der Waals surface area contributed by atoms with Crippen LogP contribution in [-0.2, 0) is 6.42 Å². The van der Waals surface area contributed by atoms with E-state index >= 15 is 0 Å². The van der Waals surface area contributed by atoms with Gasteiger partial charge in [-0.3, -0.25) is 0 Å². The lowest BCUT2D eigenvalue weighted by atomic mass is 9.69. The van der Waals surface area contributed by atoms with E-state index in [1.54, 1.807) is 5.57 Å². The highest BCUT2D eigenvalue weighted by atomic mass is 14.4. The molecule has 3 aromatic rings. The lowest BCUT2D eigenvalue weighted by Gasteiger charge is -2.35. The first kappa shape index (κ1) is 22.4. The van der Waals surface area contributed by atoms with Gasteiger partial charge in [0.15, 0.2) is 0 Å². The molecule has 0 aliphatic heterocycles. The molecule has 0 heterocycles. The van der Waals surface area contributed by atoms with Gasteiger partial charge < -0.3 is 0 Å². The van der Waals surface area contributed by atoms with E-state index in [1.165, 1.54) is 58.2 Å². The summed E-state index contributed by atoms with van der Waals surface area (Å²) in [6, 6.07) is 29.9. The van der Waals surface area contributed by atoms with Crippen LogP contribution in [0.4, 0.5) is 0 Å². The van der Waals surface area contributed by atoms with Crippen LogP contribution in [0.5, 0.6) is 0 Å². The second kappa shape index (κ2) is 9.50. The Hall–Kier alpha value is -3.12. The Labute approximate surface area is 211 Å². The topological polar surface area (TPSA) is 0 Å². The Balaban J connectivity index is 1.34. The first-order valence-electron chi connectivity index (χ1n) is 13.5. The Morgan fingerprint density at radius 2 is 1.46 bits per heavy atom. The molecule has 0 radical (unpaired) electrons. The van der Waals surface area contributed by atoms with Crippen LogP contribution in [0.3, 0.4) is 0 Å². The van der Waals surface area contributed by atoms with Gasteiger partial charge in [0.2, 0.25) is 0 Å². The summed E-state index contributed by atoms with van der Waals surface area (Å²) in [7, 11) is 0. The van der Waals surface area contributed by atoms with E-state index in [2.05, 4.69) is 111 Å². The quantitative estimate of drug-likeness (QED) is 0.368. The predicted molar refractivity (Wildman–Crippen MR) is 149 cm³/mol. The van der Waals surface area contributed by atoms with Crippen molar-refractivity contribution in [2.24, 2.45) is 11.8 Å². The first-order valence-corrected chi connectivity index (χ1v) is 13.5. The lowest BCUT2D eigenvalue weighted by Crippen LogP contribution is -2.23. The molecule has 0 N–H and O–H groups in total. The van der Waals surface area contributed by atoms with Crippen LogP contribution in [-0.4, -0.2) is 0 Å². The Kier molecular flexibility index (Phi) is 6.06. The van der Waals surface area contributed by atoms with E-state index < -0.39 is 0 Å². The van der Waals surface area contributed by atoms with Crippen molar-refractivity contribution in [2.45, 2.75) is 57.8 Å². The summed E-state index contributed by atoms with van der Waals surface area (Å²) in [5, 5.41) is 0. The Morgan fingerprint density at radius 3 is 2.23 bits per heavy atom. The van der Waals surface area contributed by atoms with Crippen molar-refractivity contribution in [3.05, 3.63) is 130 Å². The first-order chi connectivity index (χ1) is 17.2. The average molecular weight is 457 g/mol. The van der Waals surface area contributed by atoms with Gasteiger partial charge in [-0.1, -0.05) is 110 Å². The van der Waals surface area contributed by atoms with E-state index in [1.807, 2.05) is 0 Å². The molecule has 4 atom stereocenters. The van der Waals surface area contributed by atoms with Crippen molar-refractivity contribution in [1.29, 1.82) is 0 Å². The Bertz CT molecular complexity index is 1290. The molecule has 0 bridgehead atoms. The fourth-order valence-corrected chi connectivity index (χ4v) is 6.77. The van der Waals surface area contributed by atoms with E-state index in [9.17, 15) is 0 Å². The molecule has 0 saturated heterocycles. The van der Waals surface area contributed by atoms with Crippen LogP contribution in [0, 0.1) is 11.8 Å². The zero-order chi connectivity index (χ0) is 23.8. The molecule has 0 saturated carbocycles. The molecule has 6 rings (SSSR count).